The van der Waals surface area contributed by atoms with E-state index in [0.717, 1.165) is 25.7 Å². The average molecular weight is 788 g/mol. The molecule has 0 aliphatic heterocycles. The number of hydrogen-bond donors (Lipinski definition) is 0. The Morgan fingerprint density at radius 1 is 0.488 bits per heavy atom. The minimum absolute atomic E-state index is 0. The standard InChI is InChI=1S/C26H24P2.2C6H9O.Pt/c1-5-13-23(14-6-1)27(24-15-7-2-8-16-24)21-22-28(25-17-9-3-10-18-25)26-19-11-4-12-20-26;2*1-2-3-4-5-6-7;/h1-20H,21-22H2;2*2H,1,3-5H2;/q;2*-1;+2. The number of allylic oxidation sites excluding steroid dienone is 2. The van der Waals surface area contributed by atoms with Crippen molar-refractivity contribution in [3.8, 4) is 0 Å². The molecule has 0 fully saturated rings. The minimum atomic E-state index is -0.348. The predicted molar refractivity (Wildman–Crippen MR) is 187 cm³/mol. The van der Waals surface area contributed by atoms with Gasteiger partial charge in [-0.25, -0.2) is 0 Å². The van der Waals surface area contributed by atoms with E-state index >= 15 is 0 Å². The van der Waals surface area contributed by atoms with Crippen molar-refractivity contribution in [3.63, 3.8) is 0 Å². The molecule has 4 aromatic carbocycles. The van der Waals surface area contributed by atoms with Crippen LogP contribution in [0.1, 0.15) is 38.5 Å². The average Bonchev–Trinajstić information content (AvgIpc) is 3.06. The van der Waals surface area contributed by atoms with Gasteiger partial charge in [0.1, 0.15) is 0 Å². The Morgan fingerprint density at radius 3 is 0.953 bits per heavy atom. The Hall–Kier alpha value is -2.75. The van der Waals surface area contributed by atoms with Gasteiger partial charge in [0.05, 0.1) is 0 Å². The van der Waals surface area contributed by atoms with Gasteiger partial charge in [0.25, 0.3) is 0 Å². The monoisotopic (exact) mass is 787 g/mol. The summed E-state index contributed by atoms with van der Waals surface area (Å²) in [6.45, 7) is 7.01. The van der Waals surface area contributed by atoms with Gasteiger partial charge >= 0.3 is 21.1 Å². The first kappa shape index (κ1) is 38.3. The van der Waals surface area contributed by atoms with Crippen LogP contribution in [0.3, 0.4) is 0 Å². The van der Waals surface area contributed by atoms with Crippen LogP contribution < -0.4 is 21.2 Å². The summed E-state index contributed by atoms with van der Waals surface area (Å²) in [5.41, 5.74) is 0. The van der Waals surface area contributed by atoms with Gasteiger partial charge in [-0.05, 0) is 62.2 Å². The fourth-order valence-corrected chi connectivity index (χ4v) is 9.44. The first-order chi connectivity index (χ1) is 20.7. The van der Waals surface area contributed by atoms with Crippen LogP contribution in [0.4, 0.5) is 0 Å². The molecule has 0 aliphatic carbocycles. The molecule has 0 atom stereocenters. The van der Waals surface area contributed by atoms with Crippen LogP contribution in [0.15, 0.2) is 147 Å². The molecule has 0 aliphatic rings. The number of unbranched alkanes of at least 4 members (excludes halogenated alkanes) is 4. The molecule has 0 spiro atoms. The van der Waals surface area contributed by atoms with Crippen molar-refractivity contribution >= 4 is 49.6 Å². The summed E-state index contributed by atoms with van der Waals surface area (Å²) >= 11 is 0. The summed E-state index contributed by atoms with van der Waals surface area (Å²) in [4.78, 5) is 19.0. The van der Waals surface area contributed by atoms with Gasteiger partial charge in [-0.1, -0.05) is 146 Å². The van der Waals surface area contributed by atoms with E-state index < -0.39 is 0 Å². The molecule has 2 nitrogen and oxygen atoms in total. The largest absolute Gasteiger partial charge is 2.00 e. The van der Waals surface area contributed by atoms with Crippen molar-refractivity contribution in [2.24, 2.45) is 0 Å². The van der Waals surface area contributed by atoms with Crippen LogP contribution in [-0.2, 0) is 30.7 Å². The molecule has 0 saturated heterocycles. The third-order valence-corrected chi connectivity index (χ3v) is 11.6. The molecule has 0 amide bonds. The summed E-state index contributed by atoms with van der Waals surface area (Å²) in [6, 6.07) is 44.2. The Labute approximate surface area is 276 Å². The first-order valence-electron chi connectivity index (χ1n) is 14.4. The van der Waals surface area contributed by atoms with Crippen molar-refractivity contribution in [1.82, 2.24) is 0 Å². The van der Waals surface area contributed by atoms with Crippen molar-refractivity contribution in [3.05, 3.63) is 147 Å². The number of carbonyl (C=O) groups excluding carboxylic acids is 2. The zero-order valence-electron chi connectivity index (χ0n) is 24.8. The normalized spacial score (nSPS) is 9.81. The third-order valence-electron chi connectivity index (χ3n) is 6.19. The Balaban J connectivity index is 0.000000516. The van der Waals surface area contributed by atoms with Gasteiger partial charge < -0.3 is 9.59 Å². The molecule has 4 rings (SSSR count). The second kappa shape index (κ2) is 25.7. The van der Waals surface area contributed by atoms with E-state index in [1.54, 1.807) is 24.7 Å². The van der Waals surface area contributed by atoms with Crippen molar-refractivity contribution in [2.75, 3.05) is 12.3 Å². The topological polar surface area (TPSA) is 34.1 Å². The molecule has 5 heteroatoms. The molecule has 4 aromatic rings. The van der Waals surface area contributed by atoms with Crippen LogP contribution in [0.2, 0.25) is 0 Å². The second-order valence-corrected chi connectivity index (χ2v) is 14.0. The summed E-state index contributed by atoms with van der Waals surface area (Å²) < 4.78 is 0. The van der Waals surface area contributed by atoms with Gasteiger partial charge in [-0.15, -0.1) is 13.2 Å². The van der Waals surface area contributed by atoms with Crippen molar-refractivity contribution in [2.45, 2.75) is 38.5 Å². The fraction of sp³-hybridized carbons (Fsp3) is 0.211. The Morgan fingerprint density at radius 2 is 0.744 bits per heavy atom. The number of hydrogen-bond acceptors (Lipinski definition) is 2. The van der Waals surface area contributed by atoms with E-state index in [2.05, 4.69) is 134 Å². The molecule has 0 heterocycles. The molecular formula is C38H42O2P2Pt. The SMILES string of the molecule is C=CCCC[C-]=O.C=CCCC[C-]=O.[Pt+2].c1ccc(P(CCP(c2ccccc2)c2ccccc2)c2ccccc2)cc1. The maximum absolute atomic E-state index is 9.52. The van der Waals surface area contributed by atoms with Gasteiger partial charge in [0.15, 0.2) is 0 Å². The molecular weight excluding hydrogens is 745 g/mol. The zero-order chi connectivity index (χ0) is 30.1. The van der Waals surface area contributed by atoms with Crippen LogP contribution >= 0.6 is 15.8 Å². The number of benzene rings is 4. The van der Waals surface area contributed by atoms with E-state index in [-0.39, 0.29) is 36.9 Å². The Bertz CT molecular complexity index is 1060. The van der Waals surface area contributed by atoms with Crippen LogP contribution in [0, 0.1) is 0 Å². The molecule has 0 aromatic heterocycles. The van der Waals surface area contributed by atoms with E-state index in [4.69, 9.17) is 0 Å². The summed E-state index contributed by atoms with van der Waals surface area (Å²) in [6.07, 6.45) is 14.4. The Kier molecular flexibility index (Phi) is 22.9. The molecule has 0 N–H and O–H groups in total. The minimum Gasteiger partial charge on any atom is -0.542 e. The van der Waals surface area contributed by atoms with Crippen molar-refractivity contribution in [1.29, 1.82) is 0 Å². The summed E-state index contributed by atoms with van der Waals surface area (Å²) in [7, 11) is -0.696. The summed E-state index contributed by atoms with van der Waals surface area (Å²) in [5.74, 6) is 0. The maximum Gasteiger partial charge on any atom is 2.00 e. The quantitative estimate of drug-likeness (QED) is 0.0528. The van der Waals surface area contributed by atoms with Crippen LogP contribution in [0.25, 0.3) is 0 Å². The van der Waals surface area contributed by atoms with Crippen molar-refractivity contribution < 1.29 is 30.7 Å². The molecule has 0 saturated carbocycles. The van der Waals surface area contributed by atoms with Gasteiger partial charge in [-0.3, -0.25) is 12.6 Å². The maximum atomic E-state index is 9.52. The molecule has 43 heavy (non-hydrogen) atoms. The van der Waals surface area contributed by atoms with Gasteiger partial charge in [0.2, 0.25) is 0 Å². The van der Waals surface area contributed by atoms with E-state index in [1.807, 2.05) is 0 Å². The number of rotatable bonds is 15. The van der Waals surface area contributed by atoms with E-state index in [1.165, 1.54) is 33.5 Å². The van der Waals surface area contributed by atoms with Crippen LogP contribution in [0.5, 0.6) is 0 Å². The smallest absolute Gasteiger partial charge is 0.542 e. The summed E-state index contributed by atoms with van der Waals surface area (Å²) in [5, 5.41) is 5.89. The molecule has 0 radical (unpaired) electrons. The predicted octanol–water partition coefficient (Wildman–Crippen LogP) is 8.15. The molecule has 0 bridgehead atoms. The van der Waals surface area contributed by atoms with Gasteiger partial charge in [-0.2, -0.15) is 12.8 Å². The fourth-order valence-electron chi connectivity index (χ4n) is 4.08. The van der Waals surface area contributed by atoms with E-state index in [9.17, 15) is 9.59 Å². The zero-order valence-corrected chi connectivity index (χ0v) is 28.9. The molecule has 0 unspecified atom stereocenters. The molecule has 226 valence electrons. The van der Waals surface area contributed by atoms with Gasteiger partial charge in [0, 0.05) is 0 Å². The van der Waals surface area contributed by atoms with Crippen LogP contribution in [-0.4, -0.2) is 24.9 Å². The second-order valence-electron chi connectivity index (χ2n) is 9.30. The third kappa shape index (κ3) is 16.0. The van der Waals surface area contributed by atoms with E-state index in [0.29, 0.717) is 12.8 Å². The first-order valence-corrected chi connectivity index (χ1v) is 17.5.